The summed E-state index contributed by atoms with van der Waals surface area (Å²) in [7, 11) is 3.36. The topological polar surface area (TPSA) is 81.1 Å². The molecule has 1 rings (SSSR count). The number of carbonyl (C=O) groups is 2. The Morgan fingerprint density at radius 3 is 2.21 bits per heavy atom. The van der Waals surface area contributed by atoms with Gasteiger partial charge >= 0.3 is 12.0 Å². The highest BCUT2D eigenvalue weighted by Crippen LogP contribution is 2.33. The normalized spacial score (nSPS) is 19.9. The summed E-state index contributed by atoms with van der Waals surface area (Å²) in [6.45, 7) is 2.71. The van der Waals surface area contributed by atoms with E-state index in [1.54, 1.807) is 19.0 Å². The lowest BCUT2D eigenvalue weighted by Crippen LogP contribution is -2.53. The van der Waals surface area contributed by atoms with Crippen LogP contribution in [0.15, 0.2) is 0 Å². The number of rotatable bonds is 4. The number of aliphatic hydroxyl groups is 1. The molecular weight excluding hydrogens is 248 g/mol. The second-order valence-corrected chi connectivity index (χ2v) is 5.45. The first-order chi connectivity index (χ1) is 8.81. The van der Waals surface area contributed by atoms with Crippen molar-refractivity contribution in [2.75, 3.05) is 27.2 Å². The molecule has 0 spiro atoms. The van der Waals surface area contributed by atoms with Crippen molar-refractivity contribution in [3.63, 3.8) is 0 Å². The molecule has 110 valence electrons. The maximum atomic E-state index is 11.8. The van der Waals surface area contributed by atoms with Crippen molar-refractivity contribution in [1.29, 1.82) is 0 Å². The molecule has 1 unspecified atom stereocenters. The molecule has 1 saturated heterocycles. The van der Waals surface area contributed by atoms with Crippen molar-refractivity contribution >= 4 is 12.0 Å². The van der Waals surface area contributed by atoms with Gasteiger partial charge in [-0.3, -0.25) is 4.79 Å². The number of nitrogens with zero attached hydrogens (tertiary/aromatic N) is 2. The maximum Gasteiger partial charge on any atom is 0.319 e. The monoisotopic (exact) mass is 272 g/mol. The summed E-state index contributed by atoms with van der Waals surface area (Å²) in [5.41, 5.74) is -1.19. The molecule has 0 radical (unpaired) electrons. The van der Waals surface area contributed by atoms with Gasteiger partial charge in [-0.1, -0.05) is 13.3 Å². The van der Waals surface area contributed by atoms with Gasteiger partial charge in [0.2, 0.25) is 0 Å². The third-order valence-corrected chi connectivity index (χ3v) is 3.81. The summed E-state index contributed by atoms with van der Waals surface area (Å²) in [6, 6.07) is -0.0931. The summed E-state index contributed by atoms with van der Waals surface area (Å²) >= 11 is 0. The summed E-state index contributed by atoms with van der Waals surface area (Å²) in [5.74, 6) is -1.69. The van der Waals surface area contributed by atoms with E-state index < -0.39 is 17.5 Å². The van der Waals surface area contributed by atoms with Crippen LogP contribution in [0.2, 0.25) is 0 Å². The van der Waals surface area contributed by atoms with Crippen molar-refractivity contribution < 1.29 is 19.8 Å². The number of urea groups is 1. The van der Waals surface area contributed by atoms with Crippen LogP contribution in [0.25, 0.3) is 0 Å². The van der Waals surface area contributed by atoms with Crippen LogP contribution < -0.4 is 0 Å². The fourth-order valence-corrected chi connectivity index (χ4v) is 2.63. The average Bonchev–Trinajstić information content (AvgIpc) is 2.35. The molecule has 1 fully saturated rings. The third-order valence-electron chi connectivity index (χ3n) is 3.81. The van der Waals surface area contributed by atoms with Gasteiger partial charge in [-0.25, -0.2) is 4.79 Å². The molecule has 0 aromatic carbocycles. The van der Waals surface area contributed by atoms with E-state index in [1.165, 1.54) is 4.90 Å². The Hall–Kier alpha value is -1.30. The average molecular weight is 272 g/mol. The Kier molecular flexibility index (Phi) is 5.17. The zero-order valence-electron chi connectivity index (χ0n) is 11.9. The van der Waals surface area contributed by atoms with Crippen molar-refractivity contribution in [2.45, 2.75) is 38.2 Å². The zero-order valence-corrected chi connectivity index (χ0v) is 11.9. The molecule has 19 heavy (non-hydrogen) atoms. The van der Waals surface area contributed by atoms with Crippen LogP contribution in [0.5, 0.6) is 0 Å². The molecule has 6 nitrogen and oxygen atoms in total. The quantitative estimate of drug-likeness (QED) is 0.800. The predicted octanol–water partition coefficient (Wildman–Crippen LogP) is 0.996. The second kappa shape index (κ2) is 6.23. The van der Waals surface area contributed by atoms with E-state index in [-0.39, 0.29) is 6.03 Å². The second-order valence-electron chi connectivity index (χ2n) is 5.45. The Morgan fingerprint density at radius 1 is 1.32 bits per heavy atom. The van der Waals surface area contributed by atoms with Crippen molar-refractivity contribution in [1.82, 2.24) is 9.80 Å². The van der Waals surface area contributed by atoms with E-state index in [0.717, 1.165) is 6.42 Å². The highest BCUT2D eigenvalue weighted by molar-refractivity contribution is 5.74. The minimum Gasteiger partial charge on any atom is -0.481 e. The summed E-state index contributed by atoms with van der Waals surface area (Å²) in [5, 5.41) is 19.8. The van der Waals surface area contributed by atoms with Crippen molar-refractivity contribution in [3.8, 4) is 0 Å². The van der Waals surface area contributed by atoms with E-state index in [1.807, 2.05) is 6.92 Å². The van der Waals surface area contributed by atoms with Gasteiger partial charge in [0.05, 0.1) is 11.5 Å². The first-order valence-electron chi connectivity index (χ1n) is 6.73. The number of carboxylic acids is 1. The van der Waals surface area contributed by atoms with E-state index in [4.69, 9.17) is 0 Å². The van der Waals surface area contributed by atoms with Gasteiger partial charge in [0, 0.05) is 27.2 Å². The number of likely N-dealkylation sites (tertiary alicyclic amines) is 1. The van der Waals surface area contributed by atoms with Gasteiger partial charge in [0.25, 0.3) is 0 Å². The maximum absolute atomic E-state index is 11.8. The third kappa shape index (κ3) is 3.59. The van der Waals surface area contributed by atoms with Gasteiger partial charge in [-0.2, -0.15) is 0 Å². The van der Waals surface area contributed by atoms with Gasteiger partial charge in [-0.15, -0.1) is 0 Å². The fraction of sp³-hybridized carbons (Fsp3) is 0.846. The van der Waals surface area contributed by atoms with E-state index >= 15 is 0 Å². The number of piperidine rings is 1. The Bertz CT molecular complexity index is 336. The Morgan fingerprint density at radius 2 is 1.84 bits per heavy atom. The first-order valence-corrected chi connectivity index (χ1v) is 6.73. The van der Waals surface area contributed by atoms with Crippen LogP contribution in [-0.2, 0) is 4.79 Å². The van der Waals surface area contributed by atoms with Crippen LogP contribution in [0.1, 0.15) is 32.6 Å². The summed E-state index contributed by atoms with van der Waals surface area (Å²) in [6.07, 6.45) is 1.83. The number of carboxylic acid groups (broad SMARTS) is 1. The molecular formula is C13H24N2O4. The molecule has 1 atom stereocenters. The summed E-state index contributed by atoms with van der Waals surface area (Å²) in [4.78, 5) is 26.2. The number of hydrogen-bond donors (Lipinski definition) is 2. The van der Waals surface area contributed by atoms with Crippen LogP contribution in [0.3, 0.4) is 0 Å². The molecule has 1 heterocycles. The molecule has 0 aliphatic carbocycles. The highest BCUT2D eigenvalue weighted by Gasteiger charge is 2.43. The SMILES string of the molecule is CCCC(C(=O)O)C1(O)CCN(C(=O)N(C)C)CC1. The molecule has 6 heteroatoms. The van der Waals surface area contributed by atoms with Crippen LogP contribution in [-0.4, -0.2) is 64.8 Å². The van der Waals surface area contributed by atoms with E-state index in [0.29, 0.717) is 32.4 Å². The Labute approximate surface area is 114 Å². The molecule has 0 saturated carbocycles. The molecule has 2 N–H and O–H groups in total. The molecule has 0 aromatic heterocycles. The number of amides is 2. The minimum atomic E-state index is -1.19. The van der Waals surface area contributed by atoms with Crippen molar-refractivity contribution in [2.24, 2.45) is 5.92 Å². The smallest absolute Gasteiger partial charge is 0.319 e. The number of aliphatic carboxylic acids is 1. The van der Waals surface area contributed by atoms with Gasteiger partial charge < -0.3 is 20.0 Å². The Balaban J connectivity index is 2.68. The number of carbonyl (C=O) groups excluding carboxylic acids is 1. The molecule has 1 aliphatic rings. The van der Waals surface area contributed by atoms with Gasteiger partial charge in [0.1, 0.15) is 0 Å². The first kappa shape index (κ1) is 15.8. The highest BCUT2D eigenvalue weighted by atomic mass is 16.4. The standard InChI is InChI=1S/C13H24N2O4/c1-4-5-10(11(16)17)13(19)6-8-15(9-7-13)12(18)14(2)3/h10,19H,4-9H2,1-3H3,(H,16,17). The van der Waals surface area contributed by atoms with Crippen LogP contribution in [0.4, 0.5) is 4.79 Å². The van der Waals surface area contributed by atoms with Gasteiger partial charge in [0.15, 0.2) is 0 Å². The minimum absolute atomic E-state index is 0.0931. The van der Waals surface area contributed by atoms with Crippen LogP contribution >= 0.6 is 0 Å². The fourth-order valence-electron chi connectivity index (χ4n) is 2.63. The molecule has 2 amide bonds. The molecule has 1 aliphatic heterocycles. The summed E-state index contributed by atoms with van der Waals surface area (Å²) < 4.78 is 0. The lowest BCUT2D eigenvalue weighted by atomic mass is 9.77. The van der Waals surface area contributed by atoms with Crippen molar-refractivity contribution in [3.05, 3.63) is 0 Å². The van der Waals surface area contributed by atoms with E-state index in [9.17, 15) is 19.8 Å². The van der Waals surface area contributed by atoms with E-state index in [2.05, 4.69) is 0 Å². The molecule has 0 bridgehead atoms. The van der Waals surface area contributed by atoms with Crippen LogP contribution in [0, 0.1) is 5.92 Å². The van der Waals surface area contributed by atoms with Gasteiger partial charge in [-0.05, 0) is 19.3 Å². The number of hydrogen-bond acceptors (Lipinski definition) is 3. The molecule has 0 aromatic rings. The zero-order chi connectivity index (χ0) is 14.6. The largest absolute Gasteiger partial charge is 0.481 e. The predicted molar refractivity (Wildman–Crippen MR) is 70.9 cm³/mol. The lowest BCUT2D eigenvalue weighted by Gasteiger charge is -2.42. The lowest BCUT2D eigenvalue weighted by molar-refractivity contribution is -0.156.